The van der Waals surface area contributed by atoms with Gasteiger partial charge in [0.2, 0.25) is 11.8 Å². The Balaban J connectivity index is 1.51. The monoisotopic (exact) mass is 470 g/mol. The molecule has 0 aromatic heterocycles. The van der Waals surface area contributed by atoms with Crippen LogP contribution in [-0.2, 0) is 22.7 Å². The second-order valence-electron chi connectivity index (χ2n) is 9.99. The van der Waals surface area contributed by atoms with Gasteiger partial charge in [0.25, 0.3) is 0 Å². The van der Waals surface area contributed by atoms with Crippen LogP contribution in [0.5, 0.6) is 0 Å². The Morgan fingerprint density at radius 2 is 1.06 bits per heavy atom. The number of likely N-dealkylation sites (tertiary alicyclic amines) is 2. The van der Waals surface area contributed by atoms with Crippen molar-refractivity contribution in [3.05, 3.63) is 35.4 Å². The van der Waals surface area contributed by atoms with Crippen molar-refractivity contribution in [1.29, 1.82) is 0 Å². The molecule has 0 unspecified atom stereocenters. The Kier molecular flexibility index (Phi) is 10.4. The fraction of sp³-hybridized carbons (Fsp3) is 0.714. The average molecular weight is 471 g/mol. The molecule has 0 radical (unpaired) electrons. The van der Waals surface area contributed by atoms with E-state index in [0.717, 1.165) is 91.1 Å². The van der Waals surface area contributed by atoms with Gasteiger partial charge in [0.05, 0.1) is 11.8 Å². The highest BCUT2D eigenvalue weighted by atomic mass is 16.2. The topological polar surface area (TPSA) is 47.1 Å². The fourth-order valence-electron chi connectivity index (χ4n) is 5.65. The van der Waals surface area contributed by atoms with Crippen LogP contribution in [0.2, 0.25) is 0 Å². The lowest BCUT2D eigenvalue weighted by atomic mass is 9.95. The number of hydrogen-bond donors (Lipinski definition) is 0. The number of carbonyl (C=O) groups is 2. The van der Waals surface area contributed by atoms with Crippen molar-refractivity contribution in [2.75, 3.05) is 52.4 Å². The second-order valence-corrected chi connectivity index (χ2v) is 9.99. The summed E-state index contributed by atoms with van der Waals surface area (Å²) >= 11 is 0. The Morgan fingerprint density at radius 3 is 1.38 bits per heavy atom. The van der Waals surface area contributed by atoms with Gasteiger partial charge in [0.1, 0.15) is 0 Å². The molecule has 3 rings (SSSR count). The molecule has 1 aromatic carbocycles. The largest absolute Gasteiger partial charge is 0.343 e. The minimum Gasteiger partial charge on any atom is -0.343 e. The zero-order chi connectivity index (χ0) is 24.5. The zero-order valence-corrected chi connectivity index (χ0v) is 22.0. The first-order valence-electron chi connectivity index (χ1n) is 13.6. The van der Waals surface area contributed by atoms with E-state index in [1.54, 1.807) is 0 Å². The van der Waals surface area contributed by atoms with Crippen LogP contribution in [0.25, 0.3) is 0 Å². The number of carbonyl (C=O) groups excluding carboxylic acids is 2. The molecule has 2 amide bonds. The number of rotatable bonds is 10. The zero-order valence-electron chi connectivity index (χ0n) is 22.0. The maximum atomic E-state index is 12.8. The highest BCUT2D eigenvalue weighted by Crippen LogP contribution is 2.23. The van der Waals surface area contributed by atoms with Gasteiger partial charge >= 0.3 is 0 Å². The van der Waals surface area contributed by atoms with Crippen LogP contribution in [0, 0.1) is 11.8 Å². The van der Waals surface area contributed by atoms with Crippen molar-refractivity contribution in [3.8, 4) is 0 Å². The molecule has 6 heteroatoms. The van der Waals surface area contributed by atoms with Gasteiger partial charge in [0, 0.05) is 52.4 Å². The summed E-state index contributed by atoms with van der Waals surface area (Å²) in [6.45, 7) is 17.2. The van der Waals surface area contributed by atoms with E-state index < -0.39 is 0 Å². The number of amides is 2. The third-order valence-corrected chi connectivity index (χ3v) is 7.70. The van der Waals surface area contributed by atoms with Gasteiger partial charge in [-0.3, -0.25) is 19.4 Å². The summed E-state index contributed by atoms with van der Waals surface area (Å²) in [6, 6.07) is 8.97. The number of piperidine rings is 2. The first-order valence-corrected chi connectivity index (χ1v) is 13.6. The minimum atomic E-state index is 0.138. The number of benzene rings is 1. The van der Waals surface area contributed by atoms with Gasteiger partial charge in [-0.2, -0.15) is 0 Å². The molecule has 1 aromatic rings. The summed E-state index contributed by atoms with van der Waals surface area (Å²) < 4.78 is 0. The molecule has 0 bridgehead atoms. The Bertz CT molecular complexity index is 708. The highest BCUT2D eigenvalue weighted by Gasteiger charge is 2.29. The molecule has 34 heavy (non-hydrogen) atoms. The van der Waals surface area contributed by atoms with Crippen LogP contribution in [0.4, 0.5) is 0 Å². The molecule has 2 atom stereocenters. The maximum absolute atomic E-state index is 12.8. The minimum absolute atomic E-state index is 0.138. The first-order chi connectivity index (χ1) is 16.5. The molecule has 2 heterocycles. The summed E-state index contributed by atoms with van der Waals surface area (Å²) in [6.07, 6.45) is 4.22. The Hall–Kier alpha value is -1.92. The van der Waals surface area contributed by atoms with E-state index in [1.807, 2.05) is 9.80 Å². The van der Waals surface area contributed by atoms with Crippen LogP contribution in [0.15, 0.2) is 24.3 Å². The van der Waals surface area contributed by atoms with Crippen LogP contribution < -0.4 is 0 Å². The van der Waals surface area contributed by atoms with E-state index >= 15 is 0 Å². The second kappa shape index (κ2) is 13.2. The average Bonchev–Trinajstić information content (AvgIpc) is 2.87. The molecule has 2 fully saturated rings. The van der Waals surface area contributed by atoms with E-state index in [2.05, 4.69) is 61.8 Å². The third-order valence-electron chi connectivity index (χ3n) is 7.70. The molecule has 6 nitrogen and oxygen atoms in total. The summed E-state index contributed by atoms with van der Waals surface area (Å²) in [4.78, 5) is 34.4. The van der Waals surface area contributed by atoms with Crippen LogP contribution >= 0.6 is 0 Å². The van der Waals surface area contributed by atoms with Gasteiger partial charge in [-0.25, -0.2) is 0 Å². The summed E-state index contributed by atoms with van der Waals surface area (Å²) in [5.41, 5.74) is 2.63. The lowest BCUT2D eigenvalue weighted by Crippen LogP contribution is -2.44. The fourth-order valence-corrected chi connectivity index (χ4v) is 5.65. The third kappa shape index (κ3) is 7.05. The van der Waals surface area contributed by atoms with Gasteiger partial charge < -0.3 is 9.80 Å². The predicted molar refractivity (Wildman–Crippen MR) is 138 cm³/mol. The standard InChI is InChI=1S/C28H46N4O2/c1-5-31(6-2)27(33)25-11-9-17-29(21-25)19-23-13-15-24(16-14-23)20-30-18-10-12-26(22-30)28(34)32(7-3)8-4/h13-16,25-26H,5-12,17-22H2,1-4H3/t25-,26-/m0/s1. The van der Waals surface area contributed by atoms with E-state index in [9.17, 15) is 9.59 Å². The van der Waals surface area contributed by atoms with Gasteiger partial charge in [-0.1, -0.05) is 24.3 Å². The lowest BCUT2D eigenvalue weighted by molar-refractivity contribution is -0.137. The van der Waals surface area contributed by atoms with Crippen LogP contribution in [0.1, 0.15) is 64.5 Å². The normalized spacial score (nSPS) is 21.9. The van der Waals surface area contributed by atoms with Crippen molar-refractivity contribution in [2.45, 2.75) is 66.5 Å². The SMILES string of the molecule is CCN(CC)C(=O)[C@H]1CCCN(Cc2ccc(CN3CCC[C@H](C(=O)N(CC)CC)C3)cc2)C1. The number of hydrogen-bond acceptors (Lipinski definition) is 4. The van der Waals surface area contributed by atoms with E-state index in [4.69, 9.17) is 0 Å². The van der Waals surface area contributed by atoms with E-state index in [-0.39, 0.29) is 11.8 Å². The molecule has 0 spiro atoms. The molecule has 0 N–H and O–H groups in total. The molecular formula is C28H46N4O2. The molecular weight excluding hydrogens is 424 g/mol. The van der Waals surface area contributed by atoms with E-state index in [1.165, 1.54) is 11.1 Å². The molecule has 2 aliphatic rings. The van der Waals surface area contributed by atoms with Gasteiger partial charge in [-0.15, -0.1) is 0 Å². The van der Waals surface area contributed by atoms with Crippen molar-refractivity contribution >= 4 is 11.8 Å². The van der Waals surface area contributed by atoms with Crippen molar-refractivity contribution < 1.29 is 9.59 Å². The van der Waals surface area contributed by atoms with Crippen LogP contribution in [0.3, 0.4) is 0 Å². The summed E-state index contributed by atoms with van der Waals surface area (Å²) in [5.74, 6) is 0.923. The highest BCUT2D eigenvalue weighted by molar-refractivity contribution is 5.79. The smallest absolute Gasteiger partial charge is 0.226 e. The van der Waals surface area contributed by atoms with Crippen molar-refractivity contribution in [2.24, 2.45) is 11.8 Å². The maximum Gasteiger partial charge on any atom is 0.226 e. The molecule has 0 aliphatic carbocycles. The van der Waals surface area contributed by atoms with Gasteiger partial charge in [-0.05, 0) is 77.6 Å². The van der Waals surface area contributed by atoms with E-state index in [0.29, 0.717) is 11.8 Å². The van der Waals surface area contributed by atoms with Crippen LogP contribution in [-0.4, -0.2) is 83.8 Å². The summed E-state index contributed by atoms with van der Waals surface area (Å²) in [7, 11) is 0. The predicted octanol–water partition coefficient (Wildman–Crippen LogP) is 3.85. The lowest BCUT2D eigenvalue weighted by Gasteiger charge is -2.35. The first kappa shape index (κ1) is 26.7. The molecule has 0 saturated carbocycles. The molecule has 190 valence electrons. The van der Waals surface area contributed by atoms with Crippen molar-refractivity contribution in [3.63, 3.8) is 0 Å². The van der Waals surface area contributed by atoms with Gasteiger partial charge in [0.15, 0.2) is 0 Å². The summed E-state index contributed by atoms with van der Waals surface area (Å²) in [5, 5.41) is 0. The number of nitrogens with zero attached hydrogens (tertiary/aromatic N) is 4. The Labute approximate surface area is 207 Å². The molecule has 2 saturated heterocycles. The van der Waals surface area contributed by atoms with Crippen molar-refractivity contribution in [1.82, 2.24) is 19.6 Å². The Morgan fingerprint density at radius 1 is 0.706 bits per heavy atom. The molecule has 2 aliphatic heterocycles. The quantitative estimate of drug-likeness (QED) is 0.521.